The van der Waals surface area contributed by atoms with Crippen molar-refractivity contribution in [2.45, 2.75) is 17.0 Å². The standard InChI is InChI=1S/C12H11N5S/c1-7-2-4-8(5-3-7)18-12-16-9-10(13)14-6-15-11(9)17-12/h2-6H,1H3,(H3,13,14,15,16,17). The monoisotopic (exact) mass is 257 g/mol. The summed E-state index contributed by atoms with van der Waals surface area (Å²) >= 11 is 1.54. The van der Waals surface area contributed by atoms with E-state index < -0.39 is 0 Å². The molecule has 0 aliphatic rings. The van der Waals surface area contributed by atoms with E-state index in [1.807, 2.05) is 0 Å². The van der Waals surface area contributed by atoms with Gasteiger partial charge in [-0.3, -0.25) is 0 Å². The number of nitrogens with zero attached hydrogens (tertiary/aromatic N) is 3. The second-order valence-corrected chi connectivity index (χ2v) is 4.98. The number of fused-ring (bicyclic) bond motifs is 1. The molecule has 0 atom stereocenters. The maximum absolute atomic E-state index is 5.75. The molecule has 6 heteroatoms. The Morgan fingerprint density at radius 3 is 2.67 bits per heavy atom. The number of nitrogen functional groups attached to an aromatic ring is 1. The maximum atomic E-state index is 5.75. The molecule has 18 heavy (non-hydrogen) atoms. The van der Waals surface area contributed by atoms with Crippen LogP contribution in [0.2, 0.25) is 0 Å². The number of rotatable bonds is 2. The second-order valence-electron chi connectivity index (χ2n) is 3.91. The van der Waals surface area contributed by atoms with Crippen LogP contribution in [0.25, 0.3) is 11.2 Å². The Morgan fingerprint density at radius 1 is 1.17 bits per heavy atom. The van der Waals surface area contributed by atoms with Crippen molar-refractivity contribution in [1.82, 2.24) is 19.9 Å². The minimum atomic E-state index is 0.420. The third-order valence-electron chi connectivity index (χ3n) is 2.53. The summed E-state index contributed by atoms with van der Waals surface area (Å²) in [6, 6.07) is 8.25. The predicted molar refractivity (Wildman–Crippen MR) is 71.4 cm³/mol. The smallest absolute Gasteiger partial charge is 0.183 e. The second kappa shape index (κ2) is 4.30. The minimum absolute atomic E-state index is 0.420. The molecule has 3 rings (SSSR count). The highest BCUT2D eigenvalue weighted by molar-refractivity contribution is 7.99. The molecule has 0 radical (unpaired) electrons. The minimum Gasteiger partial charge on any atom is -0.382 e. The summed E-state index contributed by atoms with van der Waals surface area (Å²) < 4.78 is 0. The van der Waals surface area contributed by atoms with Crippen LogP contribution in [-0.2, 0) is 0 Å². The zero-order chi connectivity index (χ0) is 12.5. The molecule has 1 aromatic carbocycles. The normalized spacial score (nSPS) is 10.9. The van der Waals surface area contributed by atoms with Gasteiger partial charge in [0.25, 0.3) is 0 Å². The van der Waals surface area contributed by atoms with Crippen LogP contribution in [0.15, 0.2) is 40.6 Å². The topological polar surface area (TPSA) is 80.5 Å². The fourth-order valence-corrected chi connectivity index (χ4v) is 2.37. The number of anilines is 1. The molecule has 3 N–H and O–H groups in total. The van der Waals surface area contributed by atoms with Gasteiger partial charge < -0.3 is 10.7 Å². The van der Waals surface area contributed by atoms with Gasteiger partial charge in [0, 0.05) is 4.90 Å². The Balaban J connectivity index is 1.95. The molecule has 0 unspecified atom stereocenters. The molecular weight excluding hydrogens is 246 g/mol. The van der Waals surface area contributed by atoms with Crippen LogP contribution in [0.3, 0.4) is 0 Å². The molecule has 0 bridgehead atoms. The first-order valence-corrected chi connectivity index (χ1v) is 6.25. The molecule has 0 saturated carbocycles. The highest BCUT2D eigenvalue weighted by Crippen LogP contribution is 2.27. The number of nitrogens with two attached hydrogens (primary N) is 1. The van der Waals surface area contributed by atoms with Gasteiger partial charge in [-0.25, -0.2) is 15.0 Å². The Kier molecular flexibility index (Phi) is 2.64. The van der Waals surface area contributed by atoms with Crippen molar-refractivity contribution in [1.29, 1.82) is 0 Å². The van der Waals surface area contributed by atoms with Crippen LogP contribution in [-0.4, -0.2) is 19.9 Å². The molecule has 0 spiro atoms. The lowest BCUT2D eigenvalue weighted by Gasteiger charge is -1.97. The first-order valence-electron chi connectivity index (χ1n) is 5.43. The van der Waals surface area contributed by atoms with Crippen LogP contribution >= 0.6 is 11.8 Å². The van der Waals surface area contributed by atoms with Crippen molar-refractivity contribution >= 4 is 28.7 Å². The third kappa shape index (κ3) is 2.02. The molecule has 2 aromatic heterocycles. The highest BCUT2D eigenvalue weighted by atomic mass is 32.2. The average molecular weight is 257 g/mol. The number of benzene rings is 1. The lowest BCUT2D eigenvalue weighted by Crippen LogP contribution is -1.91. The van der Waals surface area contributed by atoms with E-state index in [-0.39, 0.29) is 0 Å². The van der Waals surface area contributed by atoms with Crippen LogP contribution < -0.4 is 5.73 Å². The molecule has 0 amide bonds. The summed E-state index contributed by atoms with van der Waals surface area (Å²) in [5.74, 6) is 0.420. The van der Waals surface area contributed by atoms with Crippen molar-refractivity contribution in [2.75, 3.05) is 5.73 Å². The molecule has 90 valence electrons. The molecule has 2 heterocycles. The van der Waals surface area contributed by atoms with Gasteiger partial charge in [0.1, 0.15) is 11.8 Å². The number of aryl methyl sites for hydroxylation is 1. The van der Waals surface area contributed by atoms with Crippen LogP contribution in [0, 0.1) is 6.92 Å². The average Bonchev–Trinajstić information content (AvgIpc) is 2.76. The predicted octanol–water partition coefficient (Wildman–Crippen LogP) is 2.39. The summed E-state index contributed by atoms with van der Waals surface area (Å²) in [5, 5.41) is 0.765. The number of imidazole rings is 1. The van der Waals surface area contributed by atoms with Gasteiger partial charge in [-0.15, -0.1) is 0 Å². The van der Waals surface area contributed by atoms with Gasteiger partial charge in [-0.05, 0) is 19.1 Å². The Bertz CT molecular complexity index is 689. The maximum Gasteiger partial charge on any atom is 0.183 e. The number of aromatic amines is 1. The summed E-state index contributed by atoms with van der Waals surface area (Å²) in [6.45, 7) is 2.06. The number of hydrogen-bond donors (Lipinski definition) is 2. The van der Waals surface area contributed by atoms with Crippen molar-refractivity contribution in [3.05, 3.63) is 36.2 Å². The van der Waals surface area contributed by atoms with E-state index in [0.29, 0.717) is 17.0 Å². The largest absolute Gasteiger partial charge is 0.382 e. The first kappa shape index (κ1) is 11.0. The number of hydrogen-bond acceptors (Lipinski definition) is 5. The molecule has 0 aliphatic carbocycles. The van der Waals surface area contributed by atoms with Crippen molar-refractivity contribution in [2.24, 2.45) is 0 Å². The summed E-state index contributed by atoms with van der Waals surface area (Å²) in [4.78, 5) is 16.6. The van der Waals surface area contributed by atoms with E-state index in [1.54, 1.807) is 11.8 Å². The number of aromatic nitrogens is 4. The summed E-state index contributed by atoms with van der Waals surface area (Å²) in [6.07, 6.45) is 1.42. The van der Waals surface area contributed by atoms with E-state index >= 15 is 0 Å². The molecule has 3 aromatic rings. The zero-order valence-corrected chi connectivity index (χ0v) is 10.5. The van der Waals surface area contributed by atoms with Crippen LogP contribution in [0.1, 0.15) is 5.56 Å². The third-order valence-corrected chi connectivity index (χ3v) is 3.43. The zero-order valence-electron chi connectivity index (χ0n) is 9.71. The molecule has 0 saturated heterocycles. The van der Waals surface area contributed by atoms with Crippen molar-refractivity contribution in [3.63, 3.8) is 0 Å². The van der Waals surface area contributed by atoms with Gasteiger partial charge >= 0.3 is 0 Å². The highest BCUT2D eigenvalue weighted by Gasteiger charge is 2.08. The van der Waals surface area contributed by atoms with E-state index in [2.05, 4.69) is 51.1 Å². The molecule has 0 aliphatic heterocycles. The van der Waals surface area contributed by atoms with E-state index in [0.717, 1.165) is 10.1 Å². The van der Waals surface area contributed by atoms with Gasteiger partial charge in [0.2, 0.25) is 0 Å². The SMILES string of the molecule is Cc1ccc(Sc2nc3ncnc(N)c3[nH]2)cc1. The van der Waals surface area contributed by atoms with Gasteiger partial charge in [-0.2, -0.15) is 0 Å². The van der Waals surface area contributed by atoms with E-state index in [9.17, 15) is 0 Å². The molecule has 5 nitrogen and oxygen atoms in total. The van der Waals surface area contributed by atoms with E-state index in [1.165, 1.54) is 11.9 Å². The fourth-order valence-electron chi connectivity index (χ4n) is 1.59. The van der Waals surface area contributed by atoms with Crippen LogP contribution in [0.5, 0.6) is 0 Å². The first-order chi connectivity index (χ1) is 8.72. The summed E-state index contributed by atoms with van der Waals surface area (Å²) in [5.41, 5.74) is 8.27. The Morgan fingerprint density at radius 2 is 1.94 bits per heavy atom. The van der Waals surface area contributed by atoms with Crippen molar-refractivity contribution in [3.8, 4) is 0 Å². The Labute approximate surface area is 108 Å². The lowest BCUT2D eigenvalue weighted by atomic mass is 10.2. The molecule has 0 fully saturated rings. The quantitative estimate of drug-likeness (QED) is 0.736. The molecular formula is C12H11N5S. The van der Waals surface area contributed by atoms with Gasteiger partial charge in [0.15, 0.2) is 16.6 Å². The fraction of sp³-hybridized carbons (Fsp3) is 0.0833. The Hall–Kier alpha value is -2.08. The summed E-state index contributed by atoms with van der Waals surface area (Å²) in [7, 11) is 0. The lowest BCUT2D eigenvalue weighted by molar-refractivity contribution is 1.07. The van der Waals surface area contributed by atoms with Crippen LogP contribution in [0.4, 0.5) is 5.82 Å². The number of H-pyrrole nitrogens is 1. The van der Waals surface area contributed by atoms with Gasteiger partial charge in [0.05, 0.1) is 0 Å². The number of nitrogens with one attached hydrogen (secondary N) is 1. The van der Waals surface area contributed by atoms with E-state index in [4.69, 9.17) is 5.73 Å². The van der Waals surface area contributed by atoms with Crippen molar-refractivity contribution < 1.29 is 0 Å². The van der Waals surface area contributed by atoms with Gasteiger partial charge in [-0.1, -0.05) is 29.5 Å².